The predicted molar refractivity (Wildman–Crippen MR) is 82.3 cm³/mol. The molecule has 1 saturated heterocycles. The fraction of sp³-hybridized carbons (Fsp3) is 0.867. The molecule has 0 aromatic rings. The second-order valence-electron chi connectivity index (χ2n) is 6.87. The fourth-order valence-corrected chi connectivity index (χ4v) is 2.62. The highest BCUT2D eigenvalue weighted by molar-refractivity contribution is 5.83. The number of carboxylic acid groups (broad SMARTS) is 1. The van der Waals surface area contributed by atoms with Gasteiger partial charge < -0.3 is 20.6 Å². The Bertz CT molecular complexity index is 358. The molecule has 1 aliphatic heterocycles. The third-order valence-corrected chi connectivity index (χ3v) is 3.85. The molecule has 0 aromatic carbocycles. The zero-order chi connectivity index (χ0) is 16.0. The topological polar surface area (TPSA) is 81.7 Å². The largest absolute Gasteiger partial charge is 0.480 e. The van der Waals surface area contributed by atoms with E-state index in [-0.39, 0.29) is 12.1 Å². The first-order valence-electron chi connectivity index (χ1n) is 7.76. The van der Waals surface area contributed by atoms with Crippen molar-refractivity contribution in [1.82, 2.24) is 15.5 Å². The van der Waals surface area contributed by atoms with Crippen LogP contribution in [-0.2, 0) is 4.79 Å². The van der Waals surface area contributed by atoms with Crippen LogP contribution in [0.25, 0.3) is 0 Å². The van der Waals surface area contributed by atoms with Crippen LogP contribution in [0.1, 0.15) is 47.0 Å². The number of hydrogen-bond donors (Lipinski definition) is 3. The highest BCUT2D eigenvalue weighted by Gasteiger charge is 2.33. The van der Waals surface area contributed by atoms with Crippen LogP contribution in [0.2, 0.25) is 0 Å². The lowest BCUT2D eigenvalue weighted by molar-refractivity contribution is -0.141. The minimum atomic E-state index is -1.00. The number of carbonyl (C=O) groups excluding carboxylic acids is 1. The number of hydrogen-bond acceptors (Lipinski definition) is 3. The lowest BCUT2D eigenvalue weighted by Gasteiger charge is -2.33. The van der Waals surface area contributed by atoms with E-state index in [2.05, 4.69) is 22.5 Å². The normalized spacial score (nSPS) is 19.0. The summed E-state index contributed by atoms with van der Waals surface area (Å²) in [5, 5.41) is 14.7. The Morgan fingerprint density at radius 3 is 2.29 bits per heavy atom. The van der Waals surface area contributed by atoms with E-state index in [4.69, 9.17) is 0 Å². The first kappa shape index (κ1) is 17.8. The van der Waals surface area contributed by atoms with Crippen molar-refractivity contribution in [1.29, 1.82) is 0 Å². The van der Waals surface area contributed by atoms with Crippen LogP contribution in [0.5, 0.6) is 0 Å². The zero-order valence-corrected chi connectivity index (χ0v) is 13.6. The van der Waals surface area contributed by atoms with Crippen molar-refractivity contribution in [3.63, 3.8) is 0 Å². The summed E-state index contributed by atoms with van der Waals surface area (Å²) in [5.74, 6) is -1.00. The summed E-state index contributed by atoms with van der Waals surface area (Å²) in [6.45, 7) is 10.6. The van der Waals surface area contributed by atoms with Crippen molar-refractivity contribution in [3.8, 4) is 0 Å². The van der Waals surface area contributed by atoms with Crippen LogP contribution in [-0.4, -0.2) is 53.7 Å². The quantitative estimate of drug-likeness (QED) is 0.721. The molecule has 2 amide bonds. The van der Waals surface area contributed by atoms with Crippen LogP contribution in [0, 0.1) is 5.41 Å². The zero-order valence-electron chi connectivity index (χ0n) is 13.6. The summed E-state index contributed by atoms with van der Waals surface area (Å²) in [6, 6.07) is -1.14. The Morgan fingerprint density at radius 1 is 1.29 bits per heavy atom. The molecule has 0 bridgehead atoms. The molecule has 1 heterocycles. The molecule has 0 unspecified atom stereocenters. The van der Waals surface area contributed by atoms with E-state index in [9.17, 15) is 14.7 Å². The highest BCUT2D eigenvalue weighted by Crippen LogP contribution is 2.19. The van der Waals surface area contributed by atoms with Crippen LogP contribution in [0.15, 0.2) is 0 Å². The molecule has 6 nitrogen and oxygen atoms in total. The van der Waals surface area contributed by atoms with Crippen LogP contribution >= 0.6 is 0 Å². The molecular weight excluding hydrogens is 270 g/mol. The molecule has 1 aliphatic rings. The van der Waals surface area contributed by atoms with E-state index >= 15 is 0 Å². The standard InChI is InChI=1S/C15H29N3O3/c1-5-8-18-9-6-11(7-10-18)16-14(21)17-12(13(19)20)15(2,3)4/h11-12H,5-10H2,1-4H3,(H,19,20)(H2,16,17,21)/t12-/m1/s1. The Balaban J connectivity index is 2.42. The van der Waals surface area contributed by atoms with Gasteiger partial charge in [0.1, 0.15) is 6.04 Å². The maximum absolute atomic E-state index is 12.0. The predicted octanol–water partition coefficient (Wildman–Crippen LogP) is 1.66. The number of piperidine rings is 1. The van der Waals surface area contributed by atoms with Gasteiger partial charge in [0.05, 0.1) is 0 Å². The summed E-state index contributed by atoms with van der Waals surface area (Å²) in [6.07, 6.45) is 2.98. The van der Waals surface area contributed by atoms with Crippen molar-refractivity contribution in [2.75, 3.05) is 19.6 Å². The van der Waals surface area contributed by atoms with E-state index in [1.54, 1.807) is 20.8 Å². The molecule has 0 spiro atoms. The van der Waals surface area contributed by atoms with E-state index in [1.807, 2.05) is 0 Å². The molecule has 122 valence electrons. The Hall–Kier alpha value is -1.30. The van der Waals surface area contributed by atoms with Crippen LogP contribution in [0.4, 0.5) is 4.79 Å². The van der Waals surface area contributed by atoms with Crippen molar-refractivity contribution in [3.05, 3.63) is 0 Å². The van der Waals surface area contributed by atoms with Crippen molar-refractivity contribution >= 4 is 12.0 Å². The van der Waals surface area contributed by atoms with E-state index in [0.717, 1.165) is 38.9 Å². The number of carboxylic acids is 1. The van der Waals surface area contributed by atoms with Gasteiger partial charge in [-0.25, -0.2) is 9.59 Å². The third kappa shape index (κ3) is 5.91. The van der Waals surface area contributed by atoms with E-state index < -0.39 is 17.4 Å². The number of urea groups is 1. The van der Waals surface area contributed by atoms with Gasteiger partial charge in [-0.1, -0.05) is 27.7 Å². The number of aliphatic carboxylic acids is 1. The van der Waals surface area contributed by atoms with E-state index in [0.29, 0.717) is 0 Å². The summed E-state index contributed by atoms with van der Waals surface area (Å²) in [4.78, 5) is 25.6. The molecule has 0 aliphatic carbocycles. The number of nitrogens with zero attached hydrogens (tertiary/aromatic N) is 1. The van der Waals surface area contributed by atoms with Gasteiger partial charge in [0, 0.05) is 19.1 Å². The minimum Gasteiger partial charge on any atom is -0.480 e. The van der Waals surface area contributed by atoms with Gasteiger partial charge in [-0.05, 0) is 31.2 Å². The number of amides is 2. The molecule has 6 heteroatoms. The van der Waals surface area contributed by atoms with Crippen molar-refractivity contribution in [2.45, 2.75) is 59.0 Å². The molecule has 1 atom stereocenters. The smallest absolute Gasteiger partial charge is 0.326 e. The van der Waals surface area contributed by atoms with Gasteiger partial charge in [-0.3, -0.25) is 0 Å². The number of carbonyl (C=O) groups is 2. The monoisotopic (exact) mass is 299 g/mol. The van der Waals surface area contributed by atoms with Gasteiger partial charge in [-0.15, -0.1) is 0 Å². The Kier molecular flexibility index (Phi) is 6.45. The average molecular weight is 299 g/mol. The molecule has 3 N–H and O–H groups in total. The van der Waals surface area contributed by atoms with Crippen LogP contribution < -0.4 is 10.6 Å². The van der Waals surface area contributed by atoms with Gasteiger partial charge in [-0.2, -0.15) is 0 Å². The lowest BCUT2D eigenvalue weighted by atomic mass is 9.87. The van der Waals surface area contributed by atoms with Crippen LogP contribution in [0.3, 0.4) is 0 Å². The van der Waals surface area contributed by atoms with Gasteiger partial charge in [0.15, 0.2) is 0 Å². The number of likely N-dealkylation sites (tertiary alicyclic amines) is 1. The van der Waals surface area contributed by atoms with Crippen molar-refractivity contribution < 1.29 is 14.7 Å². The fourth-order valence-electron chi connectivity index (χ4n) is 2.62. The van der Waals surface area contributed by atoms with Crippen molar-refractivity contribution in [2.24, 2.45) is 5.41 Å². The average Bonchev–Trinajstić information content (AvgIpc) is 2.37. The van der Waals surface area contributed by atoms with E-state index in [1.165, 1.54) is 0 Å². The third-order valence-electron chi connectivity index (χ3n) is 3.85. The summed E-state index contributed by atoms with van der Waals surface area (Å²) < 4.78 is 0. The minimum absolute atomic E-state index is 0.132. The Morgan fingerprint density at radius 2 is 1.86 bits per heavy atom. The highest BCUT2D eigenvalue weighted by atomic mass is 16.4. The maximum atomic E-state index is 12.0. The van der Waals surface area contributed by atoms with Gasteiger partial charge in [0.25, 0.3) is 0 Å². The number of nitrogens with one attached hydrogen (secondary N) is 2. The second-order valence-corrected chi connectivity index (χ2v) is 6.87. The second kappa shape index (κ2) is 7.64. The Labute approximate surface area is 127 Å². The molecular formula is C15H29N3O3. The first-order valence-corrected chi connectivity index (χ1v) is 7.76. The molecule has 21 heavy (non-hydrogen) atoms. The molecule has 1 rings (SSSR count). The maximum Gasteiger partial charge on any atom is 0.326 e. The lowest BCUT2D eigenvalue weighted by Crippen LogP contribution is -2.55. The molecule has 0 aromatic heterocycles. The SMILES string of the molecule is CCCN1CCC(NC(=O)N[C@H](C(=O)O)C(C)(C)C)CC1. The first-order chi connectivity index (χ1) is 9.74. The summed E-state index contributed by atoms with van der Waals surface area (Å²) in [7, 11) is 0. The summed E-state index contributed by atoms with van der Waals surface area (Å²) in [5.41, 5.74) is -0.520. The molecule has 0 saturated carbocycles. The summed E-state index contributed by atoms with van der Waals surface area (Å²) >= 11 is 0. The van der Waals surface area contributed by atoms with Gasteiger partial charge >= 0.3 is 12.0 Å². The number of rotatable bonds is 5. The molecule has 1 fully saturated rings. The van der Waals surface area contributed by atoms with Gasteiger partial charge in [0.2, 0.25) is 0 Å². The molecule has 0 radical (unpaired) electrons.